The zero-order valence-electron chi connectivity index (χ0n) is 23.6. The van der Waals surface area contributed by atoms with Crippen molar-refractivity contribution in [3.63, 3.8) is 0 Å². The van der Waals surface area contributed by atoms with Gasteiger partial charge in [0, 0.05) is 48.8 Å². The van der Waals surface area contributed by atoms with Crippen molar-refractivity contribution < 1.29 is 5.11 Å². The molecule has 3 fully saturated rings. The van der Waals surface area contributed by atoms with Crippen LogP contribution in [0.1, 0.15) is 45.2 Å². The number of nitrogens with one attached hydrogen (secondary N) is 1. The molecule has 0 spiro atoms. The molecule has 2 unspecified atom stereocenters. The lowest BCUT2D eigenvalue weighted by Gasteiger charge is -2.42. The van der Waals surface area contributed by atoms with Crippen molar-refractivity contribution in [1.29, 1.82) is 0 Å². The van der Waals surface area contributed by atoms with Gasteiger partial charge in [-0.1, -0.05) is 12.1 Å². The van der Waals surface area contributed by atoms with Gasteiger partial charge in [0.1, 0.15) is 11.0 Å². The Labute approximate surface area is 238 Å². The van der Waals surface area contributed by atoms with E-state index in [-0.39, 0.29) is 12.1 Å². The van der Waals surface area contributed by atoms with Crippen LogP contribution in [-0.4, -0.2) is 65.5 Å². The van der Waals surface area contributed by atoms with Gasteiger partial charge in [-0.3, -0.25) is 9.69 Å². The number of benzene rings is 1. The van der Waals surface area contributed by atoms with E-state index in [1.165, 1.54) is 36.1 Å². The topological polar surface area (TPSA) is 104 Å². The van der Waals surface area contributed by atoms with Gasteiger partial charge >= 0.3 is 0 Å². The first-order valence-corrected chi connectivity index (χ1v) is 14.5. The number of anilines is 3. The molecule has 2 saturated heterocycles. The van der Waals surface area contributed by atoms with E-state index in [0.717, 1.165) is 24.8 Å². The molecule has 2 aliphatic heterocycles. The van der Waals surface area contributed by atoms with E-state index in [4.69, 9.17) is 4.98 Å². The van der Waals surface area contributed by atoms with E-state index < -0.39 is 5.60 Å². The SMILES string of the molecule is C=CCn1c(=O)c2cnc(Nc3ccc(N4CC5CCC(C4)N5C4CC4)cc3)nc2n1-c1cccc(C(C)(C)O)n1. The van der Waals surface area contributed by atoms with Gasteiger partial charge < -0.3 is 15.3 Å². The number of aliphatic hydroxyl groups is 1. The van der Waals surface area contributed by atoms with E-state index >= 15 is 0 Å². The normalized spacial score (nSPS) is 21.0. The average molecular weight is 553 g/mol. The molecule has 5 heterocycles. The molecule has 0 amide bonds. The molecule has 3 aliphatic rings. The summed E-state index contributed by atoms with van der Waals surface area (Å²) in [5.41, 5.74) is 1.66. The van der Waals surface area contributed by atoms with Crippen LogP contribution in [0, 0.1) is 0 Å². The summed E-state index contributed by atoms with van der Waals surface area (Å²) in [5, 5.41) is 14.2. The molecule has 41 heavy (non-hydrogen) atoms. The van der Waals surface area contributed by atoms with Crippen molar-refractivity contribution in [3.8, 4) is 5.82 Å². The summed E-state index contributed by atoms with van der Waals surface area (Å²) in [6.45, 7) is 9.63. The number of hydrogen-bond donors (Lipinski definition) is 2. The molecule has 212 valence electrons. The summed E-state index contributed by atoms with van der Waals surface area (Å²) < 4.78 is 3.19. The number of aromatic nitrogens is 5. The Morgan fingerprint density at radius 2 is 1.73 bits per heavy atom. The highest BCUT2D eigenvalue weighted by Crippen LogP contribution is 2.41. The minimum atomic E-state index is -1.14. The van der Waals surface area contributed by atoms with Gasteiger partial charge in [0.2, 0.25) is 5.95 Å². The average Bonchev–Trinajstić information content (AvgIpc) is 3.72. The monoisotopic (exact) mass is 552 g/mol. The van der Waals surface area contributed by atoms with Crippen LogP contribution in [0.3, 0.4) is 0 Å². The maximum Gasteiger partial charge on any atom is 0.278 e. The van der Waals surface area contributed by atoms with Crippen LogP contribution < -0.4 is 15.8 Å². The van der Waals surface area contributed by atoms with Gasteiger partial charge in [-0.15, -0.1) is 6.58 Å². The second kappa shape index (κ2) is 9.81. The molecular weight excluding hydrogens is 516 g/mol. The molecule has 1 aliphatic carbocycles. The fourth-order valence-electron chi connectivity index (χ4n) is 6.49. The summed E-state index contributed by atoms with van der Waals surface area (Å²) in [6.07, 6.45) is 8.58. The van der Waals surface area contributed by atoms with Crippen molar-refractivity contribution in [3.05, 3.63) is 77.4 Å². The second-order valence-electron chi connectivity index (χ2n) is 12.0. The predicted molar refractivity (Wildman–Crippen MR) is 160 cm³/mol. The van der Waals surface area contributed by atoms with Crippen LogP contribution in [-0.2, 0) is 12.1 Å². The molecule has 0 radical (unpaired) electrons. The molecule has 10 heteroatoms. The van der Waals surface area contributed by atoms with Gasteiger partial charge in [0.05, 0.1) is 12.2 Å². The highest BCUT2D eigenvalue weighted by Gasteiger charge is 2.46. The van der Waals surface area contributed by atoms with E-state index in [9.17, 15) is 9.90 Å². The summed E-state index contributed by atoms with van der Waals surface area (Å²) in [4.78, 5) is 32.4. The molecule has 1 aromatic carbocycles. The van der Waals surface area contributed by atoms with Crippen LogP contribution in [0.5, 0.6) is 0 Å². The smallest absolute Gasteiger partial charge is 0.278 e. The fraction of sp³-hybridized carbons (Fsp3) is 0.419. The Balaban J connectivity index is 1.17. The van der Waals surface area contributed by atoms with E-state index in [2.05, 4.69) is 55.9 Å². The van der Waals surface area contributed by atoms with Gasteiger partial charge in [-0.25, -0.2) is 19.3 Å². The van der Waals surface area contributed by atoms with Crippen LogP contribution in [0.15, 0.2) is 66.1 Å². The summed E-state index contributed by atoms with van der Waals surface area (Å²) in [7, 11) is 0. The molecule has 2 N–H and O–H groups in total. The van der Waals surface area contributed by atoms with Crippen molar-refractivity contribution in [2.75, 3.05) is 23.3 Å². The van der Waals surface area contributed by atoms with Gasteiger partial charge in [-0.05, 0) is 75.9 Å². The van der Waals surface area contributed by atoms with Crippen LogP contribution in [0.4, 0.5) is 17.3 Å². The lowest BCUT2D eigenvalue weighted by molar-refractivity contribution is 0.0738. The Morgan fingerprint density at radius 1 is 1.02 bits per heavy atom. The molecule has 1 saturated carbocycles. The zero-order valence-corrected chi connectivity index (χ0v) is 23.6. The molecule has 3 aromatic heterocycles. The number of allylic oxidation sites excluding steroid dienone is 1. The lowest BCUT2D eigenvalue weighted by Crippen LogP contribution is -2.54. The Bertz CT molecular complexity index is 1650. The van der Waals surface area contributed by atoms with E-state index in [1.54, 1.807) is 42.9 Å². The third-order valence-corrected chi connectivity index (χ3v) is 8.55. The van der Waals surface area contributed by atoms with Crippen molar-refractivity contribution in [2.24, 2.45) is 0 Å². The first kappa shape index (κ1) is 25.9. The molecular formula is C31H36N8O2. The van der Waals surface area contributed by atoms with Crippen molar-refractivity contribution in [2.45, 2.75) is 69.8 Å². The lowest BCUT2D eigenvalue weighted by atomic mass is 10.1. The molecule has 2 atom stereocenters. The summed E-state index contributed by atoms with van der Waals surface area (Å²) in [5.74, 6) is 0.854. The highest BCUT2D eigenvalue weighted by atomic mass is 16.3. The fourth-order valence-corrected chi connectivity index (χ4v) is 6.49. The highest BCUT2D eigenvalue weighted by molar-refractivity contribution is 5.77. The Kier molecular flexibility index (Phi) is 6.20. The first-order chi connectivity index (χ1) is 19.8. The maximum absolute atomic E-state index is 13.3. The standard InChI is InChI=1S/C31H36N8O2/c1-4-16-37-29(40)25-17-32-30(35-28(25)39(37)27-7-5-6-26(34-27)31(2,3)41)33-20-8-10-21(11-9-20)36-18-23-14-15-24(19-36)38(23)22-12-13-22/h4-11,17,22-24,41H,1,12-16,18-19H2,2-3H3,(H,32,33,35). The quantitative estimate of drug-likeness (QED) is 0.317. The molecule has 10 nitrogen and oxygen atoms in total. The Morgan fingerprint density at radius 3 is 2.39 bits per heavy atom. The first-order valence-electron chi connectivity index (χ1n) is 14.5. The van der Waals surface area contributed by atoms with Gasteiger partial charge in [0.15, 0.2) is 11.5 Å². The van der Waals surface area contributed by atoms with Crippen molar-refractivity contribution >= 4 is 28.4 Å². The molecule has 7 rings (SSSR count). The largest absolute Gasteiger partial charge is 0.384 e. The van der Waals surface area contributed by atoms with Crippen LogP contribution in [0.25, 0.3) is 16.9 Å². The number of hydrogen-bond acceptors (Lipinski definition) is 8. The summed E-state index contributed by atoms with van der Waals surface area (Å²) in [6, 6.07) is 16.0. The third kappa shape index (κ3) is 4.70. The van der Waals surface area contributed by atoms with E-state index in [1.807, 2.05) is 6.07 Å². The predicted octanol–water partition coefficient (Wildman–Crippen LogP) is 3.95. The number of nitrogens with zero attached hydrogens (tertiary/aromatic N) is 7. The van der Waals surface area contributed by atoms with E-state index in [0.29, 0.717) is 40.6 Å². The second-order valence-corrected chi connectivity index (χ2v) is 12.0. The maximum atomic E-state index is 13.3. The van der Waals surface area contributed by atoms with Crippen LogP contribution in [0.2, 0.25) is 0 Å². The number of fused-ring (bicyclic) bond motifs is 3. The third-order valence-electron chi connectivity index (χ3n) is 8.55. The minimum Gasteiger partial charge on any atom is -0.384 e. The molecule has 4 aromatic rings. The van der Waals surface area contributed by atoms with Crippen LogP contribution >= 0.6 is 0 Å². The van der Waals surface area contributed by atoms with Gasteiger partial charge in [0.25, 0.3) is 5.56 Å². The number of pyridine rings is 1. The van der Waals surface area contributed by atoms with Gasteiger partial charge in [-0.2, -0.15) is 4.98 Å². The molecule has 2 bridgehead atoms. The summed E-state index contributed by atoms with van der Waals surface area (Å²) >= 11 is 0. The Hall–Kier alpha value is -4.02. The van der Waals surface area contributed by atoms with Crippen molar-refractivity contribution in [1.82, 2.24) is 29.2 Å². The minimum absolute atomic E-state index is 0.234. The number of rotatable bonds is 8. The number of piperazine rings is 1. The zero-order chi connectivity index (χ0) is 28.3.